The van der Waals surface area contributed by atoms with Gasteiger partial charge in [0.05, 0.1) is 17.8 Å². The first kappa shape index (κ1) is 14.6. The Kier molecular flexibility index (Phi) is 3.99. The highest BCUT2D eigenvalue weighted by atomic mass is 16.6. The predicted molar refractivity (Wildman–Crippen MR) is 85.2 cm³/mol. The summed E-state index contributed by atoms with van der Waals surface area (Å²) in [7, 11) is 0. The molecule has 0 saturated carbocycles. The average Bonchev–Trinajstić information content (AvgIpc) is 3.26. The molecular weight excluding hydrogens is 296 g/mol. The van der Waals surface area contributed by atoms with E-state index in [0.29, 0.717) is 30.4 Å². The molecule has 1 aromatic rings. The van der Waals surface area contributed by atoms with E-state index in [0.717, 1.165) is 38.8 Å². The van der Waals surface area contributed by atoms with Crippen molar-refractivity contribution in [1.29, 1.82) is 0 Å². The molecular formula is C17H22N2O4. The molecule has 23 heavy (non-hydrogen) atoms. The van der Waals surface area contributed by atoms with Crippen molar-refractivity contribution in [3.8, 4) is 11.5 Å². The molecule has 0 spiro atoms. The molecule has 4 rings (SSSR count). The Morgan fingerprint density at radius 3 is 2.91 bits per heavy atom. The topological polar surface area (TPSA) is 60.0 Å². The highest BCUT2D eigenvalue weighted by Gasteiger charge is 2.37. The average molecular weight is 318 g/mol. The minimum absolute atomic E-state index is 0.0782. The number of fused-ring (bicyclic) bond motifs is 1. The zero-order chi connectivity index (χ0) is 15.6. The maximum absolute atomic E-state index is 12.7. The van der Waals surface area contributed by atoms with Crippen LogP contribution in [0.5, 0.6) is 11.5 Å². The zero-order valence-corrected chi connectivity index (χ0v) is 13.1. The van der Waals surface area contributed by atoms with Crippen molar-refractivity contribution in [2.75, 3.05) is 31.7 Å². The molecule has 0 aromatic heterocycles. The summed E-state index contributed by atoms with van der Waals surface area (Å²) in [5, 5.41) is 2.99. The number of hydrogen-bond donors (Lipinski definition) is 1. The number of rotatable bonds is 2. The molecule has 0 bridgehead atoms. The Morgan fingerprint density at radius 1 is 1.13 bits per heavy atom. The van der Waals surface area contributed by atoms with Gasteiger partial charge in [-0.15, -0.1) is 0 Å². The minimum Gasteiger partial charge on any atom is -0.486 e. The third-order valence-corrected chi connectivity index (χ3v) is 4.76. The quantitative estimate of drug-likeness (QED) is 0.910. The van der Waals surface area contributed by atoms with Crippen LogP contribution in [-0.2, 0) is 4.74 Å². The van der Waals surface area contributed by atoms with Crippen molar-refractivity contribution in [1.82, 2.24) is 4.90 Å². The lowest BCUT2D eigenvalue weighted by molar-refractivity contribution is 0.0542. The predicted octanol–water partition coefficient (Wildman–Crippen LogP) is 2.63. The van der Waals surface area contributed by atoms with Crippen LogP contribution in [0.3, 0.4) is 0 Å². The second-order valence-electron chi connectivity index (χ2n) is 6.21. The zero-order valence-electron chi connectivity index (χ0n) is 13.1. The second kappa shape index (κ2) is 6.28. The molecule has 1 N–H and O–H groups in total. The number of nitrogens with one attached hydrogen (secondary N) is 1. The summed E-state index contributed by atoms with van der Waals surface area (Å²) in [6.45, 7) is 2.64. The number of anilines is 1. The molecule has 0 radical (unpaired) electrons. The van der Waals surface area contributed by atoms with Crippen LogP contribution in [0.2, 0.25) is 0 Å². The van der Waals surface area contributed by atoms with Crippen molar-refractivity contribution < 1.29 is 19.0 Å². The summed E-state index contributed by atoms with van der Waals surface area (Å²) < 4.78 is 17.0. The Labute approximate surface area is 135 Å². The molecule has 2 saturated heterocycles. The summed E-state index contributed by atoms with van der Waals surface area (Å²) >= 11 is 0. The van der Waals surface area contributed by atoms with E-state index in [9.17, 15) is 4.79 Å². The Hall–Kier alpha value is -1.95. The van der Waals surface area contributed by atoms with Gasteiger partial charge in [0.15, 0.2) is 11.5 Å². The van der Waals surface area contributed by atoms with Crippen molar-refractivity contribution >= 4 is 11.7 Å². The first-order valence-corrected chi connectivity index (χ1v) is 8.41. The normalized spacial score (nSPS) is 26.3. The number of ether oxygens (including phenoxy) is 3. The summed E-state index contributed by atoms with van der Waals surface area (Å²) in [4.78, 5) is 14.6. The molecule has 0 unspecified atom stereocenters. The Morgan fingerprint density at radius 2 is 2.04 bits per heavy atom. The number of hydrogen-bond acceptors (Lipinski definition) is 4. The molecule has 3 aliphatic rings. The lowest BCUT2D eigenvalue weighted by Crippen LogP contribution is -2.44. The van der Waals surface area contributed by atoms with Crippen LogP contribution in [0.25, 0.3) is 0 Å². The van der Waals surface area contributed by atoms with Gasteiger partial charge in [0, 0.05) is 13.2 Å². The molecule has 3 aliphatic heterocycles. The molecule has 124 valence electrons. The molecule has 0 aliphatic carbocycles. The van der Waals surface area contributed by atoms with E-state index in [2.05, 4.69) is 5.32 Å². The first-order valence-electron chi connectivity index (χ1n) is 8.41. The lowest BCUT2D eigenvalue weighted by atomic mass is 10.1. The lowest BCUT2D eigenvalue weighted by Gasteiger charge is -2.29. The number of para-hydroxylation sites is 1. The van der Waals surface area contributed by atoms with Gasteiger partial charge in [0.2, 0.25) is 0 Å². The van der Waals surface area contributed by atoms with Gasteiger partial charge in [0.1, 0.15) is 13.2 Å². The van der Waals surface area contributed by atoms with Gasteiger partial charge < -0.3 is 24.4 Å². The van der Waals surface area contributed by atoms with E-state index in [1.807, 2.05) is 23.1 Å². The van der Waals surface area contributed by atoms with Gasteiger partial charge in [-0.1, -0.05) is 6.07 Å². The summed E-state index contributed by atoms with van der Waals surface area (Å²) in [5.41, 5.74) is 0.671. The van der Waals surface area contributed by atoms with E-state index in [1.54, 1.807) is 0 Å². The van der Waals surface area contributed by atoms with Crippen LogP contribution in [0.15, 0.2) is 18.2 Å². The standard InChI is InChI=1S/C17H22N2O4/c20-17(19-8-2-5-13(19)14-7-3-9-21-14)18-12-4-1-6-15-16(12)23-11-10-22-15/h1,4,6,13-14H,2-3,5,7-11H2,(H,18,20)/t13-,14+/m1/s1. The SMILES string of the molecule is O=C(Nc1cccc2c1OCCO2)N1CCC[C@@H]1[C@@H]1CCCO1. The minimum atomic E-state index is -0.0782. The molecule has 3 heterocycles. The highest BCUT2D eigenvalue weighted by Crippen LogP contribution is 2.38. The van der Waals surface area contributed by atoms with Crippen LogP contribution in [0, 0.1) is 0 Å². The van der Waals surface area contributed by atoms with Crippen LogP contribution in [0.1, 0.15) is 25.7 Å². The van der Waals surface area contributed by atoms with Gasteiger partial charge in [-0.05, 0) is 37.8 Å². The first-order chi connectivity index (χ1) is 11.3. The molecule has 2 fully saturated rings. The van der Waals surface area contributed by atoms with Crippen LogP contribution in [-0.4, -0.2) is 49.4 Å². The van der Waals surface area contributed by atoms with Gasteiger partial charge >= 0.3 is 6.03 Å². The number of likely N-dealkylation sites (tertiary alicyclic amines) is 1. The number of benzene rings is 1. The maximum Gasteiger partial charge on any atom is 0.322 e. The van der Waals surface area contributed by atoms with Crippen LogP contribution in [0.4, 0.5) is 10.5 Å². The van der Waals surface area contributed by atoms with Gasteiger partial charge in [0.25, 0.3) is 0 Å². The van der Waals surface area contributed by atoms with Crippen molar-refractivity contribution in [3.05, 3.63) is 18.2 Å². The maximum atomic E-state index is 12.7. The van der Waals surface area contributed by atoms with Crippen molar-refractivity contribution in [3.63, 3.8) is 0 Å². The molecule has 2 amide bonds. The number of carbonyl (C=O) groups excluding carboxylic acids is 1. The van der Waals surface area contributed by atoms with Gasteiger partial charge in [-0.25, -0.2) is 4.79 Å². The van der Waals surface area contributed by atoms with Crippen molar-refractivity contribution in [2.24, 2.45) is 0 Å². The Balaban J connectivity index is 1.49. The van der Waals surface area contributed by atoms with E-state index in [4.69, 9.17) is 14.2 Å². The smallest absolute Gasteiger partial charge is 0.322 e. The number of urea groups is 1. The fraction of sp³-hybridized carbons (Fsp3) is 0.588. The molecule has 2 atom stereocenters. The monoisotopic (exact) mass is 318 g/mol. The van der Waals surface area contributed by atoms with E-state index >= 15 is 0 Å². The summed E-state index contributed by atoms with van der Waals surface area (Å²) in [5.74, 6) is 1.31. The fourth-order valence-electron chi connectivity index (χ4n) is 3.70. The fourth-order valence-corrected chi connectivity index (χ4v) is 3.70. The number of nitrogens with zero attached hydrogens (tertiary/aromatic N) is 1. The van der Waals surface area contributed by atoms with Gasteiger partial charge in [-0.2, -0.15) is 0 Å². The van der Waals surface area contributed by atoms with E-state index in [1.165, 1.54) is 0 Å². The number of amides is 2. The summed E-state index contributed by atoms with van der Waals surface area (Å²) in [6.07, 6.45) is 4.38. The molecule has 6 nitrogen and oxygen atoms in total. The second-order valence-corrected chi connectivity index (χ2v) is 6.21. The van der Waals surface area contributed by atoms with Crippen LogP contribution >= 0.6 is 0 Å². The van der Waals surface area contributed by atoms with E-state index in [-0.39, 0.29) is 18.2 Å². The number of carbonyl (C=O) groups is 1. The van der Waals surface area contributed by atoms with Crippen LogP contribution < -0.4 is 14.8 Å². The summed E-state index contributed by atoms with van der Waals surface area (Å²) in [6, 6.07) is 5.68. The third-order valence-electron chi connectivity index (χ3n) is 4.76. The van der Waals surface area contributed by atoms with Crippen molar-refractivity contribution in [2.45, 2.75) is 37.8 Å². The largest absolute Gasteiger partial charge is 0.486 e. The highest BCUT2D eigenvalue weighted by molar-refractivity contribution is 5.92. The molecule has 6 heteroatoms. The Bertz CT molecular complexity index is 586. The molecule has 1 aromatic carbocycles. The third kappa shape index (κ3) is 2.83. The van der Waals surface area contributed by atoms with E-state index < -0.39 is 0 Å². The van der Waals surface area contributed by atoms with Gasteiger partial charge in [-0.3, -0.25) is 0 Å².